The minimum Gasteiger partial charge on any atom is -0.399 e. The normalized spacial score (nSPS) is 11.8. The van der Waals surface area contributed by atoms with Crippen molar-refractivity contribution in [1.82, 2.24) is 19.6 Å². The number of anilines is 4. The van der Waals surface area contributed by atoms with Crippen molar-refractivity contribution in [3.63, 3.8) is 0 Å². The summed E-state index contributed by atoms with van der Waals surface area (Å²) in [7, 11) is -6.63. The fourth-order valence-corrected chi connectivity index (χ4v) is 6.34. The van der Waals surface area contributed by atoms with Crippen LogP contribution in [0.25, 0.3) is 11.4 Å². The molecule has 2 heterocycles. The van der Waals surface area contributed by atoms with E-state index in [-0.39, 0.29) is 26.9 Å². The summed E-state index contributed by atoms with van der Waals surface area (Å²) in [5.74, 6) is 0. The largest absolute Gasteiger partial charge is 0.435 e. The molecule has 0 atom stereocenters. The van der Waals surface area contributed by atoms with Gasteiger partial charge in [0.25, 0.3) is 0 Å². The molecular weight excluding hydrogens is 861 g/mol. The number of carbonyl (C=O) groups is 1. The minimum absolute atomic E-state index is 0.0492. The second kappa shape index (κ2) is 17.8. The number of nitrogens with two attached hydrogens (primary N) is 2. The van der Waals surface area contributed by atoms with Crippen LogP contribution in [0.3, 0.4) is 0 Å². The molecule has 0 aliphatic rings. The highest BCUT2D eigenvalue weighted by atomic mass is 35.5. The van der Waals surface area contributed by atoms with Gasteiger partial charge in [0.1, 0.15) is 0 Å². The van der Waals surface area contributed by atoms with E-state index in [0.717, 1.165) is 29.6 Å². The van der Waals surface area contributed by atoms with Crippen molar-refractivity contribution in [1.29, 1.82) is 0 Å². The van der Waals surface area contributed by atoms with Gasteiger partial charge in [-0.15, -0.1) is 0 Å². The first-order valence-electron chi connectivity index (χ1n) is 15.9. The quantitative estimate of drug-likeness (QED) is 0.0938. The molecule has 308 valence electrons. The third-order valence-corrected chi connectivity index (χ3v) is 10.0. The molecule has 2 amide bonds. The summed E-state index contributed by atoms with van der Waals surface area (Å²) in [4.78, 5) is 12.4. The van der Waals surface area contributed by atoms with Gasteiger partial charge in [-0.25, -0.2) is 31.0 Å². The van der Waals surface area contributed by atoms with Gasteiger partial charge in [-0.3, -0.25) is 0 Å². The van der Waals surface area contributed by atoms with Gasteiger partial charge in [0.2, 0.25) is 0 Å². The van der Waals surface area contributed by atoms with Gasteiger partial charge >= 0.3 is 18.4 Å². The lowest BCUT2D eigenvalue weighted by Crippen LogP contribution is -2.22. The van der Waals surface area contributed by atoms with Crippen LogP contribution in [-0.4, -0.2) is 54.9 Å². The number of carbonyl (C=O) groups excluding carboxylic acids is 1. The smallest absolute Gasteiger partial charge is 0.399 e. The monoisotopic (exact) mass is 890 g/mol. The van der Waals surface area contributed by atoms with Crippen LogP contribution in [0.1, 0.15) is 11.4 Å². The fourth-order valence-electron chi connectivity index (χ4n) is 4.75. The molecule has 0 fully saturated rings. The number of urea groups is 1. The van der Waals surface area contributed by atoms with Crippen molar-refractivity contribution in [3.05, 3.63) is 131 Å². The van der Waals surface area contributed by atoms with E-state index in [9.17, 15) is 48.0 Å². The minimum atomic E-state index is -4.82. The molecule has 0 bridgehead atoms. The van der Waals surface area contributed by atoms with Crippen LogP contribution in [0.2, 0.25) is 10.0 Å². The Morgan fingerprint density at radius 3 is 1.53 bits per heavy atom. The summed E-state index contributed by atoms with van der Waals surface area (Å²) in [5.41, 5.74) is 8.40. The molecule has 0 saturated heterocycles. The Labute approximate surface area is 337 Å². The lowest BCUT2D eigenvalue weighted by Gasteiger charge is -2.14. The van der Waals surface area contributed by atoms with Crippen molar-refractivity contribution < 1.29 is 48.0 Å². The number of nitrogens with zero attached hydrogens (tertiary/aromatic N) is 4. The third-order valence-electron chi connectivity index (χ3n) is 7.30. The van der Waals surface area contributed by atoms with Crippen LogP contribution in [0.5, 0.6) is 0 Å². The Morgan fingerprint density at radius 2 is 1.09 bits per heavy atom. The van der Waals surface area contributed by atoms with Crippen molar-refractivity contribution in [2.75, 3.05) is 34.6 Å². The number of amides is 2. The average molecular weight is 892 g/mol. The van der Waals surface area contributed by atoms with Gasteiger partial charge in [-0.1, -0.05) is 35.3 Å². The maximum Gasteiger partial charge on any atom is 0.435 e. The second-order valence-electron chi connectivity index (χ2n) is 11.9. The molecular formula is C35H30Cl2F6N8O5S2. The first kappa shape index (κ1) is 44.9. The van der Waals surface area contributed by atoms with E-state index >= 15 is 0 Å². The fraction of sp³-hybridized carbons (Fsp3) is 0.114. The Kier molecular flexibility index (Phi) is 13.8. The van der Waals surface area contributed by atoms with Crippen LogP contribution in [-0.2, 0) is 32.0 Å². The maximum atomic E-state index is 13.6. The van der Waals surface area contributed by atoms with Crippen molar-refractivity contribution in [2.45, 2.75) is 22.1 Å². The van der Waals surface area contributed by atoms with Gasteiger partial charge < -0.3 is 22.1 Å². The predicted octanol–water partition coefficient (Wildman–Crippen LogP) is 8.39. The zero-order chi connectivity index (χ0) is 43.2. The molecule has 0 aliphatic carbocycles. The van der Waals surface area contributed by atoms with E-state index in [2.05, 4.69) is 20.8 Å². The molecule has 6 aromatic rings. The number of hydrogen-bond donors (Lipinski definition) is 4. The molecule has 6 rings (SSSR count). The van der Waals surface area contributed by atoms with E-state index in [1.54, 1.807) is 12.1 Å². The van der Waals surface area contributed by atoms with Crippen LogP contribution in [0.4, 0.5) is 53.9 Å². The molecule has 0 aliphatic heterocycles. The first-order valence-corrected chi connectivity index (χ1v) is 20.4. The molecule has 6 N–H and O–H groups in total. The summed E-state index contributed by atoms with van der Waals surface area (Å²) in [6, 6.07) is 21.9. The van der Waals surface area contributed by atoms with Gasteiger partial charge in [0, 0.05) is 33.9 Å². The van der Waals surface area contributed by atoms with E-state index < -0.39 is 60.8 Å². The lowest BCUT2D eigenvalue weighted by molar-refractivity contribution is -0.143. The van der Waals surface area contributed by atoms with Gasteiger partial charge in [0.05, 0.1) is 44.9 Å². The molecule has 0 saturated carbocycles. The summed E-state index contributed by atoms with van der Waals surface area (Å²) in [5, 5.41) is 12.5. The van der Waals surface area contributed by atoms with Crippen molar-refractivity contribution in [2.24, 2.45) is 0 Å². The molecule has 0 spiro atoms. The number of nitrogens with one attached hydrogen (secondary N) is 2. The molecule has 0 unspecified atom stereocenters. The zero-order valence-corrected chi connectivity index (χ0v) is 32.9. The van der Waals surface area contributed by atoms with E-state index in [4.69, 9.17) is 34.7 Å². The number of rotatable bonds is 6. The van der Waals surface area contributed by atoms with Crippen molar-refractivity contribution >= 4 is 71.7 Å². The highest BCUT2D eigenvalue weighted by Crippen LogP contribution is 2.37. The highest BCUT2D eigenvalue weighted by Gasteiger charge is 2.40. The molecule has 13 nitrogen and oxygen atoms in total. The molecule has 58 heavy (non-hydrogen) atoms. The number of sulfone groups is 2. The topological polar surface area (TPSA) is 197 Å². The molecule has 0 radical (unpaired) electrons. The summed E-state index contributed by atoms with van der Waals surface area (Å²) in [6.07, 6.45) is -5.40. The number of hydrogen-bond acceptors (Lipinski definition) is 9. The number of halogens is 8. The number of alkyl halides is 6. The van der Waals surface area contributed by atoms with E-state index in [1.807, 2.05) is 0 Å². The SMILES string of the molecule is CS(=O)(=O)c1cccc(N)c1.CS(=O)(=O)c1cccc(NC(=O)Nc2cnn(-c3ccc(Cl)cc3)c2C(F)(F)F)c1.Nc1cnn(-c2ccc(Cl)cc2)c1C(F)(F)F. The Morgan fingerprint density at radius 1 is 0.638 bits per heavy atom. The summed E-state index contributed by atoms with van der Waals surface area (Å²) < 4.78 is 126. The van der Waals surface area contributed by atoms with Gasteiger partial charge in [-0.2, -0.15) is 36.5 Å². The average Bonchev–Trinajstić information content (AvgIpc) is 3.73. The lowest BCUT2D eigenvalue weighted by atomic mass is 10.3. The number of nitrogen functional groups attached to an aromatic ring is 2. The molecule has 2 aromatic heterocycles. The van der Waals surface area contributed by atoms with Crippen molar-refractivity contribution in [3.8, 4) is 11.4 Å². The maximum absolute atomic E-state index is 13.6. The van der Waals surface area contributed by atoms with Gasteiger partial charge in [0.15, 0.2) is 31.1 Å². The van der Waals surface area contributed by atoms with Crippen LogP contribution >= 0.6 is 23.2 Å². The highest BCUT2D eigenvalue weighted by molar-refractivity contribution is 7.91. The van der Waals surface area contributed by atoms with Crippen LogP contribution in [0.15, 0.2) is 119 Å². The van der Waals surface area contributed by atoms with E-state index in [1.165, 1.54) is 84.9 Å². The predicted molar refractivity (Wildman–Crippen MR) is 208 cm³/mol. The Hall–Kier alpha value is -5.77. The summed E-state index contributed by atoms with van der Waals surface area (Å²) in [6.45, 7) is 0. The van der Waals surface area contributed by atoms with Crippen LogP contribution in [0, 0.1) is 0 Å². The standard InChI is InChI=1S/C18H14ClF3N4O3S.C10H7ClF3N3.C7H9NO2S/c1-30(28,29)14-4-2-3-12(9-14)24-17(27)25-15-10-23-26(16(15)18(20,21)22)13-7-5-11(19)6-8-13;11-6-1-3-7(4-2-6)17-9(10(12,13)14)8(15)5-16-17;1-11(9,10)7-4-2-3-6(8)5-7/h2-10H,1H3,(H2,24,25,27);1-5H,15H2;2-5H,8H2,1H3. The molecule has 4 aromatic carbocycles. The zero-order valence-electron chi connectivity index (χ0n) is 29.7. The first-order chi connectivity index (χ1) is 26.8. The Bertz CT molecular complexity index is 2620. The van der Waals surface area contributed by atoms with Crippen LogP contribution < -0.4 is 22.1 Å². The second-order valence-corrected chi connectivity index (χ2v) is 16.8. The number of aromatic nitrogens is 4. The van der Waals surface area contributed by atoms with Gasteiger partial charge in [-0.05, 0) is 84.9 Å². The Balaban J connectivity index is 0.000000222. The third kappa shape index (κ3) is 12.1. The number of benzene rings is 4. The molecule has 23 heteroatoms. The van der Waals surface area contributed by atoms with E-state index in [0.29, 0.717) is 20.4 Å². The summed E-state index contributed by atoms with van der Waals surface area (Å²) >= 11 is 11.4.